The van der Waals surface area contributed by atoms with Crippen LogP contribution >= 0.6 is 22.6 Å². The molecule has 0 aliphatic carbocycles. The normalized spacial score (nSPS) is 14.1. The molecule has 0 heterocycles. The van der Waals surface area contributed by atoms with Gasteiger partial charge in [0.1, 0.15) is 0 Å². The number of amides is 2. The Hall–Kier alpha value is -0.330. The summed E-state index contributed by atoms with van der Waals surface area (Å²) in [6.45, 7) is 12.8. The quantitative estimate of drug-likeness (QED) is 0.169. The van der Waals surface area contributed by atoms with Crippen molar-refractivity contribution in [2.75, 3.05) is 13.1 Å². The fourth-order valence-electron chi connectivity index (χ4n) is 2.56. The second-order valence-corrected chi connectivity index (χ2v) is 8.92. The van der Waals surface area contributed by atoms with Crippen molar-refractivity contribution in [1.82, 2.24) is 10.6 Å². The van der Waals surface area contributed by atoms with Crippen molar-refractivity contribution in [1.29, 1.82) is 0 Å². The van der Waals surface area contributed by atoms with Gasteiger partial charge in [-0.3, -0.25) is 9.59 Å². The third-order valence-electron chi connectivity index (χ3n) is 5.34. The number of halogens is 1. The molecule has 2 amide bonds. The summed E-state index contributed by atoms with van der Waals surface area (Å²) in [6, 6.07) is 0. The van der Waals surface area contributed by atoms with Gasteiger partial charge in [-0.15, -0.1) is 0 Å². The van der Waals surface area contributed by atoms with Crippen LogP contribution in [0.3, 0.4) is 0 Å². The van der Waals surface area contributed by atoms with Crippen molar-refractivity contribution < 1.29 is 9.59 Å². The number of carbonyl (C=O) groups excluding carboxylic acids is 2. The highest BCUT2D eigenvalue weighted by atomic mass is 127. The van der Waals surface area contributed by atoms with Crippen LogP contribution in [0.15, 0.2) is 0 Å². The van der Waals surface area contributed by atoms with E-state index in [0.717, 1.165) is 19.3 Å². The Morgan fingerprint density at radius 1 is 0.875 bits per heavy atom. The maximum absolute atomic E-state index is 11.9. The standard InChI is InChI=1S/C19H37IN2O2/c1-6-18(3,4)12-13-19(5,7-2)11-8-10-16(23)21-14-9-15-22-17(20)24/h6-15H2,1-5H3,(H,21,23)(H,22,24). The van der Waals surface area contributed by atoms with Gasteiger partial charge in [-0.1, -0.05) is 47.5 Å². The zero-order valence-corrected chi connectivity index (χ0v) is 18.4. The molecular formula is C19H37IN2O2. The molecule has 0 radical (unpaired) electrons. The van der Waals surface area contributed by atoms with Crippen molar-refractivity contribution in [2.24, 2.45) is 10.8 Å². The highest BCUT2D eigenvalue weighted by Gasteiger charge is 2.25. The Bertz CT molecular complexity index is 386. The van der Waals surface area contributed by atoms with Gasteiger partial charge < -0.3 is 10.6 Å². The first-order valence-corrected chi connectivity index (χ1v) is 10.4. The van der Waals surface area contributed by atoms with Crippen molar-refractivity contribution >= 4 is 32.4 Å². The van der Waals surface area contributed by atoms with Crippen molar-refractivity contribution in [3.8, 4) is 0 Å². The van der Waals surface area contributed by atoms with Crippen LogP contribution in [0.4, 0.5) is 4.79 Å². The summed E-state index contributed by atoms with van der Waals surface area (Å²) in [5.74, 6) is 0.128. The highest BCUT2D eigenvalue weighted by molar-refractivity contribution is 14.1. The lowest BCUT2D eigenvalue weighted by Crippen LogP contribution is -2.28. The maximum Gasteiger partial charge on any atom is 0.280 e. The predicted molar refractivity (Wildman–Crippen MR) is 111 cm³/mol. The van der Waals surface area contributed by atoms with E-state index >= 15 is 0 Å². The molecule has 1 atom stereocenters. The summed E-state index contributed by atoms with van der Waals surface area (Å²) in [6.07, 6.45) is 8.32. The average molecular weight is 452 g/mol. The summed E-state index contributed by atoms with van der Waals surface area (Å²) >= 11 is 1.71. The first-order chi connectivity index (χ1) is 11.1. The molecule has 0 aromatic rings. The zero-order valence-electron chi connectivity index (χ0n) is 16.3. The van der Waals surface area contributed by atoms with E-state index in [0.29, 0.717) is 30.3 Å². The van der Waals surface area contributed by atoms with E-state index in [4.69, 9.17) is 0 Å². The van der Waals surface area contributed by atoms with Crippen LogP contribution in [0, 0.1) is 10.8 Å². The van der Waals surface area contributed by atoms with Gasteiger partial charge in [0.15, 0.2) is 0 Å². The smallest absolute Gasteiger partial charge is 0.280 e. The molecule has 0 aliphatic rings. The van der Waals surface area contributed by atoms with E-state index in [1.807, 2.05) is 0 Å². The van der Waals surface area contributed by atoms with Crippen LogP contribution in [-0.4, -0.2) is 22.9 Å². The molecule has 5 heteroatoms. The maximum atomic E-state index is 11.9. The number of hydrogen-bond donors (Lipinski definition) is 2. The number of hydrogen-bond acceptors (Lipinski definition) is 2. The van der Waals surface area contributed by atoms with Crippen LogP contribution < -0.4 is 10.6 Å². The van der Waals surface area contributed by atoms with Crippen molar-refractivity contribution in [2.45, 2.75) is 86.0 Å². The van der Waals surface area contributed by atoms with Crippen LogP contribution in [0.2, 0.25) is 0 Å². The molecule has 0 saturated heterocycles. The summed E-state index contributed by atoms with van der Waals surface area (Å²) in [5.41, 5.74) is 0.762. The van der Waals surface area contributed by atoms with Crippen molar-refractivity contribution in [3.05, 3.63) is 0 Å². The predicted octanol–water partition coefficient (Wildman–Crippen LogP) is 5.44. The topological polar surface area (TPSA) is 58.2 Å². The molecule has 0 fully saturated rings. The molecule has 2 N–H and O–H groups in total. The monoisotopic (exact) mass is 452 g/mol. The van der Waals surface area contributed by atoms with Gasteiger partial charge in [-0.2, -0.15) is 0 Å². The van der Waals surface area contributed by atoms with Crippen LogP contribution in [-0.2, 0) is 4.79 Å². The van der Waals surface area contributed by atoms with Gasteiger partial charge in [0.2, 0.25) is 5.91 Å². The minimum absolute atomic E-state index is 0.0518. The second kappa shape index (κ2) is 12.1. The molecule has 0 bridgehead atoms. The Morgan fingerprint density at radius 3 is 2.04 bits per heavy atom. The van der Waals surface area contributed by atoms with Gasteiger partial charge in [0.05, 0.1) is 0 Å². The molecule has 24 heavy (non-hydrogen) atoms. The number of carbonyl (C=O) groups is 2. The lowest BCUT2D eigenvalue weighted by molar-refractivity contribution is -0.121. The number of rotatable bonds is 13. The third kappa shape index (κ3) is 12.1. The van der Waals surface area contributed by atoms with E-state index in [2.05, 4.69) is 45.3 Å². The van der Waals surface area contributed by atoms with E-state index in [9.17, 15) is 9.59 Å². The summed E-state index contributed by atoms with van der Waals surface area (Å²) < 4.78 is -0.0518. The van der Waals surface area contributed by atoms with Gasteiger partial charge >= 0.3 is 0 Å². The number of nitrogens with one attached hydrogen (secondary N) is 2. The fourth-order valence-corrected chi connectivity index (χ4v) is 2.83. The van der Waals surface area contributed by atoms with Crippen LogP contribution in [0.1, 0.15) is 86.0 Å². The molecular weight excluding hydrogens is 415 g/mol. The third-order valence-corrected chi connectivity index (χ3v) is 5.72. The largest absolute Gasteiger partial charge is 0.356 e. The lowest BCUT2D eigenvalue weighted by Gasteiger charge is -2.33. The Morgan fingerprint density at radius 2 is 1.50 bits per heavy atom. The van der Waals surface area contributed by atoms with E-state index in [1.165, 1.54) is 25.7 Å². The Kier molecular flexibility index (Phi) is 11.9. The average Bonchev–Trinajstić information content (AvgIpc) is 2.52. The molecule has 142 valence electrons. The van der Waals surface area contributed by atoms with Crippen LogP contribution in [0.5, 0.6) is 0 Å². The molecule has 1 unspecified atom stereocenters. The van der Waals surface area contributed by atoms with E-state index in [-0.39, 0.29) is 9.82 Å². The van der Waals surface area contributed by atoms with Gasteiger partial charge in [-0.25, -0.2) is 0 Å². The Balaban J connectivity index is 3.95. The molecule has 0 aliphatic heterocycles. The van der Waals surface area contributed by atoms with Crippen LogP contribution in [0.25, 0.3) is 0 Å². The van der Waals surface area contributed by atoms with Crippen molar-refractivity contribution in [3.63, 3.8) is 0 Å². The zero-order chi connectivity index (χ0) is 18.6. The summed E-state index contributed by atoms with van der Waals surface area (Å²) in [7, 11) is 0. The van der Waals surface area contributed by atoms with Gasteiger partial charge in [-0.05, 0) is 42.9 Å². The first kappa shape index (κ1) is 23.7. The first-order valence-electron chi connectivity index (χ1n) is 9.34. The molecule has 0 saturated carbocycles. The highest BCUT2D eigenvalue weighted by Crippen LogP contribution is 2.38. The Labute approximate surface area is 162 Å². The van der Waals surface area contributed by atoms with E-state index in [1.54, 1.807) is 22.6 Å². The molecule has 0 spiro atoms. The van der Waals surface area contributed by atoms with Gasteiger partial charge in [0.25, 0.3) is 3.91 Å². The molecule has 0 rings (SSSR count). The minimum atomic E-state index is -0.0518. The van der Waals surface area contributed by atoms with Gasteiger partial charge in [0, 0.05) is 42.1 Å². The summed E-state index contributed by atoms with van der Waals surface area (Å²) in [5, 5.41) is 5.65. The molecule has 4 nitrogen and oxygen atoms in total. The minimum Gasteiger partial charge on any atom is -0.356 e. The SMILES string of the molecule is CCC(C)(C)CCC(C)(CC)CCCC(=O)NCCCNC(=O)I. The molecule has 0 aromatic carbocycles. The fraction of sp³-hybridized carbons (Fsp3) is 0.895. The second-order valence-electron chi connectivity index (χ2n) is 7.94. The lowest BCUT2D eigenvalue weighted by atomic mass is 9.73. The summed E-state index contributed by atoms with van der Waals surface area (Å²) in [4.78, 5) is 22.6. The molecule has 0 aromatic heterocycles. The van der Waals surface area contributed by atoms with E-state index < -0.39 is 0 Å².